The van der Waals surface area contributed by atoms with Gasteiger partial charge >= 0.3 is 0 Å². The van der Waals surface area contributed by atoms with Crippen LogP contribution in [-0.2, 0) is 0 Å². The van der Waals surface area contributed by atoms with Crippen molar-refractivity contribution in [3.8, 4) is 18.2 Å². The van der Waals surface area contributed by atoms with E-state index in [-0.39, 0.29) is 0 Å². The summed E-state index contributed by atoms with van der Waals surface area (Å²) >= 11 is 0. The molecule has 0 saturated heterocycles. The summed E-state index contributed by atoms with van der Waals surface area (Å²) in [6.45, 7) is 50.4. The molecule has 0 fully saturated rings. The van der Waals surface area contributed by atoms with Gasteiger partial charge in [-0.25, -0.2) is 14.5 Å². The fourth-order valence-electron chi connectivity index (χ4n) is 6.62. The molecule has 0 N–H and O–H groups in total. The Balaban J connectivity index is 0.000000431. The third-order valence-electron chi connectivity index (χ3n) is 9.75. The molecule has 0 aliphatic heterocycles. The predicted molar refractivity (Wildman–Crippen MR) is 294 cm³/mol. The molecule has 5 aromatic carbocycles. The van der Waals surface area contributed by atoms with Crippen molar-refractivity contribution in [3.05, 3.63) is 195 Å². The van der Waals surface area contributed by atoms with E-state index in [0.29, 0.717) is 44.9 Å². The fraction of sp³-hybridized carbons (Fsp3) is 0.246. The minimum Gasteiger partial charge on any atom is -0.466 e. The number of furan rings is 5. The molecular formula is C61H64N6O5. The highest BCUT2D eigenvalue weighted by Crippen LogP contribution is 2.32. The van der Waals surface area contributed by atoms with Crippen LogP contribution in [0.5, 0.6) is 0 Å². The lowest BCUT2D eigenvalue weighted by Gasteiger charge is -1.99. The summed E-state index contributed by atoms with van der Waals surface area (Å²) in [6, 6.07) is 32.3. The molecule has 11 nitrogen and oxygen atoms in total. The van der Waals surface area contributed by atoms with Crippen molar-refractivity contribution in [1.29, 1.82) is 15.8 Å². The Bertz CT molecular complexity index is 3430. The monoisotopic (exact) mass is 960 g/mol. The molecule has 0 radical (unpaired) electrons. The number of hydrogen-bond acceptors (Lipinski definition) is 8. The molecule has 0 saturated carbocycles. The number of rotatable bonds is 0. The second kappa shape index (κ2) is 32.5. The van der Waals surface area contributed by atoms with Gasteiger partial charge in [-0.3, -0.25) is 0 Å². The number of fused-ring (bicyclic) bond motifs is 5. The van der Waals surface area contributed by atoms with Crippen LogP contribution in [0.3, 0.4) is 0 Å². The van der Waals surface area contributed by atoms with E-state index in [2.05, 4.69) is 20.6 Å². The van der Waals surface area contributed by atoms with E-state index in [1.165, 1.54) is 6.26 Å². The van der Waals surface area contributed by atoms with E-state index >= 15 is 0 Å². The summed E-state index contributed by atoms with van der Waals surface area (Å²) < 4.78 is 26.0. The quantitative estimate of drug-likeness (QED) is 0.136. The maximum Gasteiger partial charge on any atom is 0.200 e. The molecule has 0 amide bonds. The van der Waals surface area contributed by atoms with Gasteiger partial charge in [-0.1, -0.05) is 111 Å². The Kier molecular flexibility index (Phi) is 27.4. The maximum atomic E-state index is 8.93. The van der Waals surface area contributed by atoms with E-state index in [0.717, 1.165) is 71.5 Å². The molecular weight excluding hydrogens is 897 g/mol. The average molecular weight is 961 g/mol. The first kappa shape index (κ1) is 60.8. The van der Waals surface area contributed by atoms with Gasteiger partial charge in [-0.05, 0) is 105 Å². The van der Waals surface area contributed by atoms with Crippen LogP contribution in [0.1, 0.15) is 114 Å². The van der Waals surface area contributed by atoms with Gasteiger partial charge in [0.05, 0.1) is 62.2 Å². The largest absolute Gasteiger partial charge is 0.466 e. The molecule has 5 aromatic heterocycles. The first-order valence-electron chi connectivity index (χ1n) is 23.8. The molecule has 0 aliphatic rings. The molecule has 10 rings (SSSR count). The number of nitrogens with zero attached hydrogens (tertiary/aromatic N) is 6. The zero-order valence-electron chi connectivity index (χ0n) is 44.2. The van der Waals surface area contributed by atoms with Gasteiger partial charge in [0.2, 0.25) is 5.69 Å². The van der Waals surface area contributed by atoms with E-state index in [4.69, 9.17) is 57.6 Å². The third-order valence-corrected chi connectivity index (χ3v) is 9.75. The highest BCUT2D eigenvalue weighted by Gasteiger charge is 2.13. The highest BCUT2D eigenvalue weighted by atomic mass is 16.3. The average Bonchev–Trinajstić information content (AvgIpc) is 4.31. The van der Waals surface area contributed by atoms with Crippen LogP contribution in [0, 0.1) is 88.3 Å². The number of hydrogen-bond donors (Lipinski definition) is 0. The summed E-state index contributed by atoms with van der Waals surface area (Å²) in [4.78, 5) is 10.3. The Labute approximate surface area is 425 Å². The van der Waals surface area contributed by atoms with Gasteiger partial charge < -0.3 is 22.1 Å². The summed E-state index contributed by atoms with van der Waals surface area (Å²) in [7, 11) is 0. The van der Waals surface area contributed by atoms with Crippen molar-refractivity contribution < 1.29 is 22.1 Å². The third kappa shape index (κ3) is 15.1. The van der Waals surface area contributed by atoms with Crippen LogP contribution >= 0.6 is 0 Å². The van der Waals surface area contributed by atoms with E-state index in [1.54, 1.807) is 31.1 Å². The molecule has 10 aromatic rings. The van der Waals surface area contributed by atoms with Gasteiger partial charge in [0.15, 0.2) is 22.5 Å². The number of benzene rings is 5. The summed E-state index contributed by atoms with van der Waals surface area (Å²) in [5.74, 6) is 0. The molecule has 0 aliphatic carbocycles. The lowest BCUT2D eigenvalue weighted by Crippen LogP contribution is -1.88. The molecule has 0 unspecified atom stereocenters. The Hall–Kier alpha value is -9.26. The molecule has 11 heteroatoms. The van der Waals surface area contributed by atoms with Gasteiger partial charge in [0, 0.05) is 26.9 Å². The second-order valence-corrected chi connectivity index (χ2v) is 13.8. The normalized spacial score (nSPS) is 8.96. The van der Waals surface area contributed by atoms with Crippen molar-refractivity contribution >= 4 is 71.9 Å². The smallest absolute Gasteiger partial charge is 0.200 e. The number of aryl methyl sites for hydroxylation is 5. The SMILES string of the molecule is CC.CC.CC.CC.CC.Cc1cc2ccoc2c(C#N)c1C#N.Cc1ccc2ccoc2c1C#N.[C-]#[N+]c1c(C)ccc2occc12.[C-]#[N+]c1cc(C)cc2occc12.[C-]#[N+]c1ccc(C)c2occc12. The fourth-order valence-corrected chi connectivity index (χ4v) is 6.62. The Morgan fingerprint density at radius 3 is 1.44 bits per heavy atom. The molecule has 5 heterocycles. The maximum absolute atomic E-state index is 8.93. The first-order valence-corrected chi connectivity index (χ1v) is 23.8. The van der Waals surface area contributed by atoms with Crippen molar-refractivity contribution in [2.75, 3.05) is 0 Å². The minimum absolute atomic E-state index is 0.326. The highest BCUT2D eigenvalue weighted by molar-refractivity contribution is 5.94. The molecule has 0 atom stereocenters. The summed E-state index contributed by atoms with van der Waals surface area (Å²) in [5.41, 5.74) is 11.9. The standard InChI is InChI=1S/C11H6N2O.4C10H7NO.5C2H6/c1-7-4-8-2-3-14-11(8)10(6-13)9(7)5-12;1-7-5-9(11-2)8-3-4-12-10(8)6-7;1-7-3-4-9-8(5-6-12-9)10(7)11-2;1-7-3-4-9(11-2)8-5-6-12-10(7)8;1-7-2-3-8-4-5-12-10(8)9(7)6-11;5*1-2/h2-4H,1H3;3*3-6H,1H3;2-5H,1H3;5*1-2H3. The Morgan fingerprint density at radius 2 is 0.861 bits per heavy atom. The van der Waals surface area contributed by atoms with Crippen LogP contribution in [0.25, 0.3) is 69.4 Å². The minimum atomic E-state index is 0.326. The van der Waals surface area contributed by atoms with Gasteiger partial charge in [0.25, 0.3) is 0 Å². The van der Waals surface area contributed by atoms with E-state index in [9.17, 15) is 0 Å². The van der Waals surface area contributed by atoms with Crippen LogP contribution < -0.4 is 0 Å². The van der Waals surface area contributed by atoms with Gasteiger partial charge in [-0.15, -0.1) is 0 Å². The Morgan fingerprint density at radius 1 is 0.375 bits per heavy atom. The van der Waals surface area contributed by atoms with Crippen molar-refractivity contribution in [1.82, 2.24) is 0 Å². The predicted octanol–water partition coefficient (Wildman–Crippen LogP) is 20.1. The number of nitriles is 3. The summed E-state index contributed by atoms with van der Waals surface area (Å²) in [6.07, 6.45) is 7.96. The van der Waals surface area contributed by atoms with E-state index in [1.807, 2.05) is 195 Å². The van der Waals surface area contributed by atoms with Gasteiger partial charge in [-0.2, -0.15) is 15.8 Å². The van der Waals surface area contributed by atoms with Crippen molar-refractivity contribution in [2.45, 2.75) is 104 Å². The first-order chi connectivity index (χ1) is 35.1. The van der Waals surface area contributed by atoms with Crippen molar-refractivity contribution in [3.63, 3.8) is 0 Å². The molecule has 0 spiro atoms. The van der Waals surface area contributed by atoms with Gasteiger partial charge in [0.1, 0.15) is 40.5 Å². The zero-order chi connectivity index (χ0) is 54.3. The topological polar surface area (TPSA) is 150 Å². The summed E-state index contributed by atoms with van der Waals surface area (Å²) in [5, 5.41) is 31.2. The van der Waals surface area contributed by atoms with Crippen LogP contribution in [0.15, 0.2) is 138 Å². The van der Waals surface area contributed by atoms with Crippen LogP contribution in [0.4, 0.5) is 17.1 Å². The molecule has 0 bridgehead atoms. The van der Waals surface area contributed by atoms with Crippen molar-refractivity contribution in [2.24, 2.45) is 0 Å². The van der Waals surface area contributed by atoms with E-state index < -0.39 is 0 Å². The zero-order valence-corrected chi connectivity index (χ0v) is 44.2. The van der Waals surface area contributed by atoms with Crippen LogP contribution in [0.2, 0.25) is 0 Å². The lowest BCUT2D eigenvalue weighted by atomic mass is 10.0. The van der Waals surface area contributed by atoms with Crippen LogP contribution in [-0.4, -0.2) is 0 Å². The lowest BCUT2D eigenvalue weighted by molar-refractivity contribution is 0.613. The molecule has 72 heavy (non-hydrogen) atoms. The molecule has 368 valence electrons. The second-order valence-electron chi connectivity index (χ2n) is 13.8.